The van der Waals surface area contributed by atoms with Gasteiger partial charge in [-0.05, 0) is 19.0 Å². The van der Waals surface area contributed by atoms with Gasteiger partial charge in [-0.15, -0.1) is 0 Å². The van der Waals surface area contributed by atoms with Crippen molar-refractivity contribution in [2.75, 3.05) is 19.7 Å². The summed E-state index contributed by atoms with van der Waals surface area (Å²) in [5.41, 5.74) is 3.65. The smallest absolute Gasteiger partial charge is 0.252 e. The zero-order valence-electron chi connectivity index (χ0n) is 14.4. The predicted molar refractivity (Wildman–Crippen MR) is 95.0 cm³/mol. The third-order valence-corrected chi connectivity index (χ3v) is 4.85. The van der Waals surface area contributed by atoms with Crippen LogP contribution in [0.1, 0.15) is 41.9 Å². The number of carbonyl (C=O) groups excluding carboxylic acids is 1. The third-order valence-electron chi connectivity index (χ3n) is 4.85. The Morgan fingerprint density at radius 1 is 1.38 bits per heavy atom. The van der Waals surface area contributed by atoms with Crippen LogP contribution in [0.3, 0.4) is 0 Å². The fourth-order valence-corrected chi connectivity index (χ4v) is 3.31. The quantitative estimate of drug-likeness (QED) is 0.883. The number of nitrogens with zero attached hydrogens (tertiary/aromatic N) is 2. The van der Waals surface area contributed by atoms with E-state index in [9.17, 15) is 9.90 Å². The van der Waals surface area contributed by atoms with Crippen LogP contribution in [0.25, 0.3) is 10.9 Å². The Kier molecular flexibility index (Phi) is 5.11. The van der Waals surface area contributed by atoms with Gasteiger partial charge in [-0.2, -0.15) is 0 Å². The molecule has 0 fully saturated rings. The fraction of sp³-hybridized carbons (Fsp3) is 0.474. The number of hydrogen-bond donors (Lipinski definition) is 2. The molecule has 1 aromatic carbocycles. The second-order valence-corrected chi connectivity index (χ2v) is 6.31. The third kappa shape index (κ3) is 3.14. The van der Waals surface area contributed by atoms with E-state index in [1.165, 1.54) is 0 Å². The molecule has 0 spiro atoms. The Morgan fingerprint density at radius 3 is 2.88 bits per heavy atom. The molecule has 0 aliphatic carbocycles. The molecule has 2 aromatic rings. The molecule has 0 saturated heterocycles. The molecule has 5 nitrogen and oxygen atoms in total. The molecule has 2 N–H and O–H groups in total. The minimum Gasteiger partial charge on any atom is -0.394 e. The molecular formula is C19H25N3O2. The summed E-state index contributed by atoms with van der Waals surface area (Å²) in [6, 6.07) is 7.60. The fourth-order valence-electron chi connectivity index (χ4n) is 3.31. The molecule has 3 rings (SSSR count). The van der Waals surface area contributed by atoms with E-state index in [4.69, 9.17) is 4.98 Å². The molecule has 128 valence electrons. The van der Waals surface area contributed by atoms with E-state index in [0.29, 0.717) is 6.42 Å². The summed E-state index contributed by atoms with van der Waals surface area (Å²) in [4.78, 5) is 20.1. The van der Waals surface area contributed by atoms with Crippen LogP contribution in [0, 0.1) is 0 Å². The molecule has 24 heavy (non-hydrogen) atoms. The summed E-state index contributed by atoms with van der Waals surface area (Å²) in [6.07, 6.45) is 1.57. The van der Waals surface area contributed by atoms with Gasteiger partial charge < -0.3 is 10.4 Å². The van der Waals surface area contributed by atoms with Crippen molar-refractivity contribution in [3.63, 3.8) is 0 Å². The molecule has 1 atom stereocenters. The first-order chi connectivity index (χ1) is 11.7. The van der Waals surface area contributed by atoms with E-state index in [-0.39, 0.29) is 18.6 Å². The van der Waals surface area contributed by atoms with Crippen LogP contribution >= 0.6 is 0 Å². The van der Waals surface area contributed by atoms with Crippen molar-refractivity contribution in [2.24, 2.45) is 0 Å². The van der Waals surface area contributed by atoms with Crippen molar-refractivity contribution >= 4 is 16.8 Å². The lowest BCUT2D eigenvalue weighted by molar-refractivity contribution is 0.0913. The zero-order chi connectivity index (χ0) is 17.1. The van der Waals surface area contributed by atoms with Crippen molar-refractivity contribution in [2.45, 2.75) is 39.3 Å². The lowest BCUT2D eigenvalue weighted by atomic mass is 9.95. The van der Waals surface area contributed by atoms with Crippen LogP contribution in [-0.2, 0) is 13.0 Å². The van der Waals surface area contributed by atoms with Gasteiger partial charge in [-0.1, -0.05) is 32.0 Å². The molecule has 1 aliphatic heterocycles. The highest BCUT2D eigenvalue weighted by molar-refractivity contribution is 6.07. The van der Waals surface area contributed by atoms with Crippen molar-refractivity contribution in [1.29, 1.82) is 0 Å². The first-order valence-corrected chi connectivity index (χ1v) is 8.72. The summed E-state index contributed by atoms with van der Waals surface area (Å²) in [5.74, 6) is -0.108. The number of hydrogen-bond acceptors (Lipinski definition) is 4. The normalized spacial score (nSPS) is 16.0. The number of para-hydroxylation sites is 1. The number of aliphatic hydroxyl groups is 1. The average Bonchev–Trinajstić information content (AvgIpc) is 2.63. The lowest BCUT2D eigenvalue weighted by Gasteiger charge is -2.29. The Labute approximate surface area is 142 Å². The lowest BCUT2D eigenvalue weighted by Crippen LogP contribution is -2.39. The number of amides is 1. The Hall–Kier alpha value is -1.98. The maximum absolute atomic E-state index is 13.0. The molecule has 1 unspecified atom stereocenters. The SMILES string of the molecule is CCC(CO)NC(=O)c1c2c(nc3ccccc13)CCN(CC)C2. The molecule has 0 saturated carbocycles. The topological polar surface area (TPSA) is 65.5 Å². The average molecular weight is 327 g/mol. The highest BCUT2D eigenvalue weighted by atomic mass is 16.3. The zero-order valence-corrected chi connectivity index (χ0v) is 14.4. The van der Waals surface area contributed by atoms with Gasteiger partial charge in [0, 0.05) is 36.2 Å². The monoisotopic (exact) mass is 327 g/mol. The number of benzene rings is 1. The summed E-state index contributed by atoms with van der Waals surface area (Å²) < 4.78 is 0. The van der Waals surface area contributed by atoms with E-state index in [2.05, 4.69) is 17.1 Å². The van der Waals surface area contributed by atoms with Crippen LogP contribution in [-0.4, -0.2) is 46.6 Å². The van der Waals surface area contributed by atoms with Gasteiger partial charge in [0.25, 0.3) is 5.91 Å². The number of fused-ring (bicyclic) bond motifs is 2. The van der Waals surface area contributed by atoms with Crippen LogP contribution < -0.4 is 5.32 Å². The molecule has 0 radical (unpaired) electrons. The summed E-state index contributed by atoms with van der Waals surface area (Å²) in [5, 5.41) is 13.3. The largest absolute Gasteiger partial charge is 0.394 e. The van der Waals surface area contributed by atoms with Gasteiger partial charge in [-0.25, -0.2) is 0 Å². The van der Waals surface area contributed by atoms with Crippen molar-refractivity contribution in [1.82, 2.24) is 15.2 Å². The van der Waals surface area contributed by atoms with E-state index in [0.717, 1.165) is 53.8 Å². The first-order valence-electron chi connectivity index (χ1n) is 8.72. The molecule has 1 aromatic heterocycles. The number of aromatic nitrogens is 1. The Morgan fingerprint density at radius 2 is 2.17 bits per heavy atom. The number of rotatable bonds is 5. The van der Waals surface area contributed by atoms with Gasteiger partial charge in [-0.3, -0.25) is 14.7 Å². The second kappa shape index (κ2) is 7.28. The molecular weight excluding hydrogens is 302 g/mol. The maximum Gasteiger partial charge on any atom is 0.252 e. The molecule has 1 aliphatic rings. The van der Waals surface area contributed by atoms with Crippen LogP contribution in [0.15, 0.2) is 24.3 Å². The van der Waals surface area contributed by atoms with E-state index in [1.54, 1.807) is 0 Å². The Balaban J connectivity index is 2.11. The van der Waals surface area contributed by atoms with E-state index < -0.39 is 0 Å². The van der Waals surface area contributed by atoms with Crippen molar-refractivity contribution < 1.29 is 9.90 Å². The summed E-state index contributed by atoms with van der Waals surface area (Å²) >= 11 is 0. The molecule has 1 amide bonds. The van der Waals surface area contributed by atoms with E-state index in [1.807, 2.05) is 31.2 Å². The van der Waals surface area contributed by atoms with Gasteiger partial charge in [0.15, 0.2) is 0 Å². The van der Waals surface area contributed by atoms with Crippen molar-refractivity contribution in [3.8, 4) is 0 Å². The summed E-state index contributed by atoms with van der Waals surface area (Å²) in [6.45, 7) is 6.74. The maximum atomic E-state index is 13.0. The molecule has 0 bridgehead atoms. The van der Waals surface area contributed by atoms with Gasteiger partial charge in [0.05, 0.1) is 23.7 Å². The van der Waals surface area contributed by atoms with Gasteiger partial charge >= 0.3 is 0 Å². The predicted octanol–water partition coefficient (Wildman–Crippen LogP) is 2.11. The van der Waals surface area contributed by atoms with Gasteiger partial charge in [0.1, 0.15) is 0 Å². The van der Waals surface area contributed by atoms with Gasteiger partial charge in [0.2, 0.25) is 0 Å². The second-order valence-electron chi connectivity index (χ2n) is 6.31. The van der Waals surface area contributed by atoms with Crippen LogP contribution in [0.2, 0.25) is 0 Å². The highest BCUT2D eigenvalue weighted by Gasteiger charge is 2.25. The molecule has 5 heteroatoms. The number of nitrogens with one attached hydrogen (secondary N) is 1. The standard InChI is InChI=1S/C19H25N3O2/c1-3-13(12-23)20-19(24)18-14-7-5-6-8-16(14)21-17-9-10-22(4-2)11-15(17)18/h5-8,13,23H,3-4,9-12H2,1-2H3,(H,20,24). The number of likely N-dealkylation sites (N-methyl/N-ethyl adjacent to an activating group) is 1. The molecule has 2 heterocycles. The van der Waals surface area contributed by atoms with Crippen LogP contribution in [0.4, 0.5) is 0 Å². The Bertz CT molecular complexity index is 741. The number of carbonyl (C=O) groups is 1. The minimum atomic E-state index is -0.217. The first kappa shape index (κ1) is 16.9. The minimum absolute atomic E-state index is 0.0471. The van der Waals surface area contributed by atoms with Crippen molar-refractivity contribution in [3.05, 3.63) is 41.1 Å². The van der Waals surface area contributed by atoms with Crippen LogP contribution in [0.5, 0.6) is 0 Å². The van der Waals surface area contributed by atoms with E-state index >= 15 is 0 Å². The summed E-state index contributed by atoms with van der Waals surface area (Å²) in [7, 11) is 0. The number of pyridine rings is 1. The highest BCUT2D eigenvalue weighted by Crippen LogP contribution is 2.28. The number of aliphatic hydroxyl groups excluding tert-OH is 1.